The Labute approximate surface area is 122 Å². The molecule has 0 bridgehead atoms. The van der Waals surface area contributed by atoms with Gasteiger partial charge in [-0.05, 0) is 76.9 Å². The summed E-state index contributed by atoms with van der Waals surface area (Å²) < 4.78 is 0. The molecular weight excluding hydrogens is 252 g/mol. The van der Waals surface area contributed by atoms with Crippen LogP contribution in [0.25, 0.3) is 0 Å². The summed E-state index contributed by atoms with van der Waals surface area (Å²) in [6.07, 6.45) is 11.0. The maximum absolute atomic E-state index is 10.9. The number of nitrogens with zero attached hydrogens (tertiary/aromatic N) is 1. The Balaban J connectivity index is 1.61. The molecule has 1 aliphatic heterocycles. The van der Waals surface area contributed by atoms with Crippen molar-refractivity contribution in [2.45, 2.75) is 70.3 Å². The molecular formula is C16H30N2O2. The first-order chi connectivity index (χ1) is 9.44. The molecule has 0 radical (unpaired) electrons. The molecule has 4 heteroatoms. The second kappa shape index (κ2) is 6.44. The topological polar surface area (TPSA) is 66.6 Å². The van der Waals surface area contributed by atoms with Gasteiger partial charge in [0.15, 0.2) is 0 Å². The summed E-state index contributed by atoms with van der Waals surface area (Å²) in [5.74, 6) is -0.890. The number of carboxylic acid groups (broad SMARTS) is 1. The molecule has 0 aromatic heterocycles. The van der Waals surface area contributed by atoms with Gasteiger partial charge in [-0.15, -0.1) is 0 Å². The molecule has 2 fully saturated rings. The van der Waals surface area contributed by atoms with E-state index in [0.29, 0.717) is 11.8 Å². The van der Waals surface area contributed by atoms with Crippen LogP contribution in [0.3, 0.4) is 0 Å². The lowest BCUT2D eigenvalue weighted by atomic mass is 9.77. The molecule has 2 aliphatic rings. The number of hydrogen-bond donors (Lipinski definition) is 2. The van der Waals surface area contributed by atoms with Gasteiger partial charge in [-0.3, -0.25) is 4.79 Å². The zero-order valence-corrected chi connectivity index (χ0v) is 12.9. The van der Waals surface area contributed by atoms with Gasteiger partial charge >= 0.3 is 5.97 Å². The molecule has 0 aromatic rings. The standard InChI is InChI=1S/C16H30N2O2/c1-15(17,14(19)20)6-4-5-11-18-12-9-16(10-13-18)7-2-3-8-16/h2-13,17H2,1H3,(H,19,20). The first-order valence-electron chi connectivity index (χ1n) is 8.18. The Hall–Kier alpha value is -0.610. The fourth-order valence-corrected chi connectivity index (χ4v) is 3.81. The van der Waals surface area contributed by atoms with E-state index in [1.807, 2.05) is 0 Å². The summed E-state index contributed by atoms with van der Waals surface area (Å²) in [7, 11) is 0. The number of carbonyl (C=O) groups is 1. The monoisotopic (exact) mass is 282 g/mol. The molecule has 3 N–H and O–H groups in total. The lowest BCUT2D eigenvalue weighted by Crippen LogP contribution is -2.44. The summed E-state index contributed by atoms with van der Waals surface area (Å²) in [4.78, 5) is 13.5. The number of unbranched alkanes of at least 4 members (excludes halogenated alkanes) is 1. The van der Waals surface area contributed by atoms with Crippen LogP contribution in [0.1, 0.15) is 64.7 Å². The van der Waals surface area contributed by atoms with Crippen LogP contribution in [0.4, 0.5) is 0 Å². The molecule has 1 heterocycles. The molecule has 20 heavy (non-hydrogen) atoms. The summed E-state index contributed by atoms with van der Waals surface area (Å²) in [5.41, 5.74) is 5.37. The Morgan fingerprint density at radius 3 is 2.35 bits per heavy atom. The molecule has 1 unspecified atom stereocenters. The highest BCUT2D eigenvalue weighted by Crippen LogP contribution is 2.46. The first kappa shape index (κ1) is 15.8. The van der Waals surface area contributed by atoms with Gasteiger partial charge in [0.1, 0.15) is 5.54 Å². The normalized spacial score (nSPS) is 25.7. The Morgan fingerprint density at radius 2 is 1.80 bits per heavy atom. The van der Waals surface area contributed by atoms with Crippen LogP contribution in [-0.2, 0) is 4.79 Å². The van der Waals surface area contributed by atoms with E-state index in [2.05, 4.69) is 4.90 Å². The third kappa shape index (κ3) is 3.95. The molecule has 1 spiro atoms. The maximum Gasteiger partial charge on any atom is 0.323 e. The lowest BCUT2D eigenvalue weighted by molar-refractivity contribution is -0.142. The van der Waals surface area contributed by atoms with Gasteiger partial charge in [0, 0.05) is 0 Å². The first-order valence-corrected chi connectivity index (χ1v) is 8.18. The molecule has 1 aliphatic carbocycles. The van der Waals surface area contributed by atoms with Crippen molar-refractivity contribution in [1.29, 1.82) is 0 Å². The fourth-order valence-electron chi connectivity index (χ4n) is 3.81. The van der Waals surface area contributed by atoms with Crippen LogP contribution in [0.2, 0.25) is 0 Å². The van der Waals surface area contributed by atoms with E-state index in [9.17, 15) is 4.79 Å². The van der Waals surface area contributed by atoms with E-state index in [1.165, 1.54) is 51.6 Å². The van der Waals surface area contributed by atoms with Gasteiger partial charge in [-0.1, -0.05) is 12.8 Å². The van der Waals surface area contributed by atoms with Crippen molar-refractivity contribution in [2.24, 2.45) is 11.1 Å². The third-order valence-corrected chi connectivity index (χ3v) is 5.49. The molecule has 4 nitrogen and oxygen atoms in total. The Bertz CT molecular complexity index is 325. The van der Waals surface area contributed by atoms with Crippen molar-refractivity contribution >= 4 is 5.97 Å². The van der Waals surface area contributed by atoms with Crippen molar-refractivity contribution in [3.63, 3.8) is 0 Å². The predicted molar refractivity (Wildman–Crippen MR) is 80.7 cm³/mol. The average Bonchev–Trinajstić information content (AvgIpc) is 2.85. The minimum atomic E-state index is -1.06. The molecule has 1 saturated heterocycles. The molecule has 0 aromatic carbocycles. The van der Waals surface area contributed by atoms with Gasteiger partial charge in [0.25, 0.3) is 0 Å². The maximum atomic E-state index is 10.9. The fraction of sp³-hybridized carbons (Fsp3) is 0.938. The Morgan fingerprint density at radius 1 is 1.20 bits per heavy atom. The summed E-state index contributed by atoms with van der Waals surface area (Å²) >= 11 is 0. The number of piperidine rings is 1. The molecule has 0 amide bonds. The van der Waals surface area contributed by atoms with E-state index in [0.717, 1.165) is 19.4 Å². The number of carboxylic acids is 1. The van der Waals surface area contributed by atoms with Crippen molar-refractivity contribution in [3.8, 4) is 0 Å². The van der Waals surface area contributed by atoms with Crippen molar-refractivity contribution in [3.05, 3.63) is 0 Å². The predicted octanol–water partition coefficient (Wildman–Crippen LogP) is 2.61. The Kier molecular flexibility index (Phi) is 5.08. The third-order valence-electron chi connectivity index (χ3n) is 5.49. The van der Waals surface area contributed by atoms with E-state index in [4.69, 9.17) is 10.8 Å². The van der Waals surface area contributed by atoms with Crippen LogP contribution >= 0.6 is 0 Å². The second-order valence-corrected chi connectivity index (χ2v) is 7.23. The van der Waals surface area contributed by atoms with Gasteiger partial charge in [-0.25, -0.2) is 0 Å². The van der Waals surface area contributed by atoms with Crippen LogP contribution < -0.4 is 5.73 Å². The molecule has 1 saturated carbocycles. The van der Waals surface area contributed by atoms with Crippen LogP contribution in [0, 0.1) is 5.41 Å². The number of likely N-dealkylation sites (tertiary alicyclic amines) is 1. The molecule has 1 atom stereocenters. The number of rotatable bonds is 6. The van der Waals surface area contributed by atoms with Gasteiger partial charge in [0.05, 0.1) is 0 Å². The SMILES string of the molecule is CC(N)(CCCCN1CCC2(CCCC2)CC1)C(=O)O. The second-order valence-electron chi connectivity index (χ2n) is 7.23. The van der Waals surface area contributed by atoms with E-state index < -0.39 is 11.5 Å². The summed E-state index contributed by atoms with van der Waals surface area (Å²) in [6.45, 7) is 5.18. The molecule has 116 valence electrons. The van der Waals surface area contributed by atoms with Gasteiger partial charge < -0.3 is 15.7 Å². The van der Waals surface area contributed by atoms with Crippen molar-refractivity contribution < 1.29 is 9.90 Å². The quantitative estimate of drug-likeness (QED) is 0.735. The molecule has 2 rings (SSSR count). The smallest absolute Gasteiger partial charge is 0.323 e. The highest BCUT2D eigenvalue weighted by molar-refractivity contribution is 5.77. The van der Waals surface area contributed by atoms with E-state index >= 15 is 0 Å². The van der Waals surface area contributed by atoms with Gasteiger partial charge in [-0.2, -0.15) is 0 Å². The minimum Gasteiger partial charge on any atom is -0.480 e. The number of hydrogen-bond acceptors (Lipinski definition) is 3. The van der Waals surface area contributed by atoms with Crippen molar-refractivity contribution in [1.82, 2.24) is 4.90 Å². The van der Waals surface area contributed by atoms with Gasteiger partial charge in [0.2, 0.25) is 0 Å². The highest BCUT2D eigenvalue weighted by atomic mass is 16.4. The van der Waals surface area contributed by atoms with E-state index in [1.54, 1.807) is 6.92 Å². The zero-order chi connectivity index (χ0) is 14.6. The number of nitrogens with two attached hydrogens (primary N) is 1. The average molecular weight is 282 g/mol. The minimum absolute atomic E-state index is 0.570. The largest absolute Gasteiger partial charge is 0.480 e. The zero-order valence-electron chi connectivity index (χ0n) is 12.9. The van der Waals surface area contributed by atoms with Crippen LogP contribution in [-0.4, -0.2) is 41.1 Å². The summed E-state index contributed by atoms with van der Waals surface area (Å²) in [6, 6.07) is 0. The van der Waals surface area contributed by atoms with Crippen molar-refractivity contribution in [2.75, 3.05) is 19.6 Å². The van der Waals surface area contributed by atoms with E-state index in [-0.39, 0.29) is 0 Å². The van der Waals surface area contributed by atoms with Crippen LogP contribution in [0.15, 0.2) is 0 Å². The van der Waals surface area contributed by atoms with Crippen LogP contribution in [0.5, 0.6) is 0 Å². The summed E-state index contributed by atoms with van der Waals surface area (Å²) in [5, 5.41) is 8.97. The highest BCUT2D eigenvalue weighted by Gasteiger charge is 2.36. The number of aliphatic carboxylic acids is 1. The lowest BCUT2D eigenvalue weighted by Gasteiger charge is -2.39.